The van der Waals surface area contributed by atoms with Crippen LogP contribution < -0.4 is 10.1 Å². The fraction of sp³-hybridized carbons (Fsp3) is 0.292. The summed E-state index contributed by atoms with van der Waals surface area (Å²) in [5.41, 5.74) is 3.28. The molecule has 32 heavy (non-hydrogen) atoms. The van der Waals surface area contributed by atoms with Gasteiger partial charge >= 0.3 is 0 Å². The second kappa shape index (κ2) is 9.79. The summed E-state index contributed by atoms with van der Waals surface area (Å²) in [5, 5.41) is 9.32. The number of carbonyl (C=O) groups is 1. The summed E-state index contributed by atoms with van der Waals surface area (Å²) in [4.78, 5) is 17.2. The van der Waals surface area contributed by atoms with Crippen molar-refractivity contribution >= 4 is 35.1 Å². The normalized spacial score (nSPS) is 15.3. The molecule has 2 heterocycles. The number of hydrogen-bond donors (Lipinski definition) is 1. The molecule has 0 radical (unpaired) electrons. The third-order valence-corrected chi connectivity index (χ3v) is 6.59. The highest BCUT2D eigenvalue weighted by molar-refractivity contribution is 7.99. The maximum Gasteiger partial charge on any atom is 0.227 e. The minimum absolute atomic E-state index is 0.00806. The third kappa shape index (κ3) is 4.69. The second-order valence-electron chi connectivity index (χ2n) is 7.59. The van der Waals surface area contributed by atoms with E-state index in [2.05, 4.69) is 17.2 Å². The molecule has 1 unspecified atom stereocenters. The fourth-order valence-corrected chi connectivity index (χ4v) is 4.57. The molecule has 3 aromatic rings. The molecule has 1 atom stereocenters. The molecule has 1 aromatic heterocycles. The van der Waals surface area contributed by atoms with Crippen LogP contribution in [0.5, 0.6) is 5.75 Å². The van der Waals surface area contributed by atoms with Crippen molar-refractivity contribution in [2.75, 3.05) is 11.1 Å². The largest absolute Gasteiger partial charge is 0.489 e. The van der Waals surface area contributed by atoms with E-state index < -0.39 is 0 Å². The Bertz CT molecular complexity index is 1170. The molecule has 4 rings (SSSR count). The van der Waals surface area contributed by atoms with Crippen molar-refractivity contribution in [2.45, 2.75) is 45.0 Å². The zero-order valence-electron chi connectivity index (χ0n) is 18.3. The lowest BCUT2D eigenvalue weighted by molar-refractivity contribution is -0.114. The molecule has 6 nitrogen and oxygen atoms in total. The zero-order valence-corrected chi connectivity index (χ0v) is 19.8. The number of halogens is 1. The number of ketones is 1. The Balaban J connectivity index is 1.67. The average molecular weight is 469 g/mol. The lowest BCUT2D eigenvalue weighted by atomic mass is 9.93. The SMILES string of the molecule is CCCSc1nc2n(n1)C(c1cccc(OCc3ccccc3Cl)c1)C(C(C)=O)=C(C)N2. The van der Waals surface area contributed by atoms with Crippen LogP contribution in [0.4, 0.5) is 5.95 Å². The van der Waals surface area contributed by atoms with E-state index >= 15 is 0 Å². The van der Waals surface area contributed by atoms with Gasteiger partial charge in [0, 0.05) is 27.6 Å². The number of nitrogens with one attached hydrogen (secondary N) is 1. The van der Waals surface area contributed by atoms with E-state index in [1.54, 1.807) is 23.4 Å². The van der Waals surface area contributed by atoms with Crippen molar-refractivity contribution in [2.24, 2.45) is 0 Å². The quantitative estimate of drug-likeness (QED) is 0.415. The number of aromatic nitrogens is 3. The van der Waals surface area contributed by atoms with Crippen molar-refractivity contribution in [3.05, 3.63) is 76.0 Å². The molecular weight excluding hydrogens is 444 g/mol. The number of nitrogens with zero attached hydrogens (tertiary/aromatic N) is 3. The van der Waals surface area contributed by atoms with Gasteiger partial charge in [0.05, 0.1) is 0 Å². The number of allylic oxidation sites excluding steroid dienone is 2. The molecule has 0 aliphatic carbocycles. The number of fused-ring (bicyclic) bond motifs is 1. The molecular formula is C24H25ClN4O2S. The van der Waals surface area contributed by atoms with E-state index in [1.807, 2.05) is 55.5 Å². The smallest absolute Gasteiger partial charge is 0.227 e. The molecule has 0 saturated heterocycles. The van der Waals surface area contributed by atoms with Crippen LogP contribution in [0.2, 0.25) is 5.02 Å². The monoisotopic (exact) mass is 468 g/mol. The van der Waals surface area contributed by atoms with E-state index in [9.17, 15) is 4.79 Å². The van der Waals surface area contributed by atoms with Crippen molar-refractivity contribution in [1.82, 2.24) is 14.8 Å². The Morgan fingerprint density at radius 3 is 2.81 bits per heavy atom. The second-order valence-corrected chi connectivity index (χ2v) is 9.06. The Kier molecular flexibility index (Phi) is 6.86. The number of anilines is 1. The molecule has 0 spiro atoms. The number of ether oxygens (including phenoxy) is 1. The molecule has 1 aliphatic rings. The number of carbonyl (C=O) groups excluding carboxylic acids is 1. The highest BCUT2D eigenvalue weighted by atomic mass is 35.5. The first-order chi connectivity index (χ1) is 15.5. The Labute approximate surface area is 197 Å². The van der Waals surface area contributed by atoms with E-state index in [1.165, 1.54) is 0 Å². The summed E-state index contributed by atoms with van der Waals surface area (Å²) in [5.74, 6) is 2.26. The highest BCUT2D eigenvalue weighted by Crippen LogP contribution is 2.37. The highest BCUT2D eigenvalue weighted by Gasteiger charge is 2.32. The molecule has 0 saturated carbocycles. The summed E-state index contributed by atoms with van der Waals surface area (Å²) >= 11 is 7.87. The van der Waals surface area contributed by atoms with Crippen LogP contribution in [-0.4, -0.2) is 26.3 Å². The van der Waals surface area contributed by atoms with Gasteiger partial charge in [-0.15, -0.1) is 5.10 Å². The average Bonchev–Trinajstić information content (AvgIpc) is 3.18. The lowest BCUT2D eigenvalue weighted by Crippen LogP contribution is -2.27. The van der Waals surface area contributed by atoms with Gasteiger partial charge < -0.3 is 10.1 Å². The predicted molar refractivity (Wildman–Crippen MR) is 128 cm³/mol. The van der Waals surface area contributed by atoms with Crippen LogP contribution in [0.15, 0.2) is 65.0 Å². The molecule has 2 aromatic carbocycles. The predicted octanol–water partition coefficient (Wildman–Crippen LogP) is 5.89. The lowest BCUT2D eigenvalue weighted by Gasteiger charge is -2.28. The van der Waals surface area contributed by atoms with Crippen LogP contribution in [0, 0.1) is 0 Å². The van der Waals surface area contributed by atoms with Crippen LogP contribution in [0.25, 0.3) is 0 Å². The van der Waals surface area contributed by atoms with E-state index in [4.69, 9.17) is 21.4 Å². The zero-order chi connectivity index (χ0) is 22.7. The number of thioether (sulfide) groups is 1. The van der Waals surface area contributed by atoms with Gasteiger partial charge in [0.25, 0.3) is 0 Å². The molecule has 8 heteroatoms. The fourth-order valence-electron chi connectivity index (χ4n) is 3.70. The molecule has 1 N–H and O–H groups in total. The third-order valence-electron chi connectivity index (χ3n) is 5.17. The van der Waals surface area contributed by atoms with Gasteiger partial charge in [0.1, 0.15) is 18.4 Å². The van der Waals surface area contributed by atoms with Crippen LogP contribution in [0.1, 0.15) is 44.4 Å². The van der Waals surface area contributed by atoms with E-state index in [0.29, 0.717) is 34.1 Å². The maximum atomic E-state index is 12.6. The van der Waals surface area contributed by atoms with Gasteiger partial charge in [0.15, 0.2) is 5.78 Å². The topological polar surface area (TPSA) is 69.0 Å². The molecule has 1 aliphatic heterocycles. The summed E-state index contributed by atoms with van der Waals surface area (Å²) < 4.78 is 7.82. The number of hydrogen-bond acceptors (Lipinski definition) is 6. The number of Topliss-reactive ketones (excluding diaryl/α,β-unsaturated/α-hetero) is 1. The summed E-state index contributed by atoms with van der Waals surface area (Å²) in [7, 11) is 0. The summed E-state index contributed by atoms with van der Waals surface area (Å²) in [6.45, 7) is 5.96. The Morgan fingerprint density at radius 2 is 2.06 bits per heavy atom. The van der Waals surface area contributed by atoms with Crippen molar-refractivity contribution in [3.63, 3.8) is 0 Å². The number of rotatable bonds is 8. The standard InChI is InChI=1S/C24H25ClN4O2S/c1-4-12-32-24-27-23-26-15(2)21(16(3)30)22(29(23)28-24)17-9-7-10-19(13-17)31-14-18-8-5-6-11-20(18)25/h5-11,13,22H,4,12,14H2,1-3H3,(H,26,27,28). The maximum absolute atomic E-state index is 12.6. The van der Waals surface area contributed by atoms with E-state index in [-0.39, 0.29) is 11.8 Å². The number of benzene rings is 2. The Morgan fingerprint density at radius 1 is 1.25 bits per heavy atom. The molecule has 0 fully saturated rings. The van der Waals surface area contributed by atoms with Crippen molar-refractivity contribution < 1.29 is 9.53 Å². The molecule has 0 amide bonds. The van der Waals surface area contributed by atoms with Crippen molar-refractivity contribution in [3.8, 4) is 5.75 Å². The molecule has 166 valence electrons. The minimum Gasteiger partial charge on any atom is -0.489 e. The van der Waals surface area contributed by atoms with Gasteiger partial charge in [-0.3, -0.25) is 4.79 Å². The summed E-state index contributed by atoms with van der Waals surface area (Å²) in [6.07, 6.45) is 1.03. The first kappa shape index (κ1) is 22.4. The van der Waals surface area contributed by atoms with Gasteiger partial charge in [0.2, 0.25) is 11.1 Å². The first-order valence-corrected chi connectivity index (χ1v) is 11.9. The summed E-state index contributed by atoms with van der Waals surface area (Å²) in [6, 6.07) is 15.0. The van der Waals surface area contributed by atoms with Crippen molar-refractivity contribution in [1.29, 1.82) is 0 Å². The van der Waals surface area contributed by atoms with Crippen LogP contribution >= 0.6 is 23.4 Å². The van der Waals surface area contributed by atoms with E-state index in [0.717, 1.165) is 29.0 Å². The van der Waals surface area contributed by atoms with Crippen LogP contribution in [-0.2, 0) is 11.4 Å². The van der Waals surface area contributed by atoms with Crippen LogP contribution in [0.3, 0.4) is 0 Å². The van der Waals surface area contributed by atoms with Gasteiger partial charge in [-0.05, 0) is 44.0 Å². The van der Waals surface area contributed by atoms with Gasteiger partial charge in [-0.25, -0.2) is 4.68 Å². The minimum atomic E-state index is -0.379. The first-order valence-electron chi connectivity index (χ1n) is 10.5. The Hall–Kier alpha value is -2.77. The van der Waals surface area contributed by atoms with Gasteiger partial charge in [-0.2, -0.15) is 4.98 Å². The van der Waals surface area contributed by atoms with Gasteiger partial charge in [-0.1, -0.05) is 60.6 Å². The molecule has 0 bridgehead atoms.